The number of carbonyl (C=O) groups is 1. The molecule has 0 radical (unpaired) electrons. The molecule has 4 aromatic carbocycles. The zero-order valence-electron chi connectivity index (χ0n) is 77.0. The van der Waals surface area contributed by atoms with Crippen LogP contribution in [0.25, 0.3) is 4.13 Å². The first-order valence-corrected chi connectivity index (χ1v) is 59.3. The van der Waals surface area contributed by atoms with Gasteiger partial charge in [0.15, 0.2) is 10.0 Å². The zero-order valence-corrected chi connectivity index (χ0v) is 83.9. The van der Waals surface area contributed by atoms with E-state index in [2.05, 4.69) is 244 Å². The van der Waals surface area contributed by atoms with Crippen molar-refractivity contribution >= 4 is 96.9 Å². The summed E-state index contributed by atoms with van der Waals surface area (Å²) < 4.78 is 150. The molecule has 0 saturated heterocycles. The SMILES string of the molecule is CC(=O)[O-].CCCC[N+](CCCC)(CCCC)CCCC.CCCC[P+](CCCC)(CCCC)CCCC.CCCC[P+](CCCC)(CCCC)CCCC.CCCCn1cc[n+](C)c1.CCOP(C)(=O)[O-].CS(=O)(=O)[N-]S(=O)(=O)C(F)(F)F.CS(=O)(=O)[O-].CS(=O)(=O)[O-].c1ccc([P+](c2ccccc2)(c2ccccc2)c2ccccc2)cc1. The lowest BCUT2D eigenvalue weighted by Crippen LogP contribution is -2.50. The molecule has 30 heteroatoms. The van der Waals surface area contributed by atoms with Crippen molar-refractivity contribution in [3.8, 4) is 0 Å². The second-order valence-corrected chi connectivity index (χ2v) is 50.9. The van der Waals surface area contributed by atoms with E-state index in [1.165, 1.54) is 219 Å². The molecule has 1 unspecified atom stereocenters. The normalized spacial score (nSPS) is 12.1. The minimum atomic E-state index is -5.92. The first-order valence-electron chi connectivity index (χ1n) is 43.6. The zero-order chi connectivity index (χ0) is 92.0. The Morgan fingerprint density at radius 1 is 0.454 bits per heavy atom. The first-order chi connectivity index (χ1) is 55.7. The van der Waals surface area contributed by atoms with Gasteiger partial charge in [-0.1, -0.05) is 246 Å². The summed E-state index contributed by atoms with van der Waals surface area (Å²) in [5.41, 5.74) is -5.67. The number of quaternary nitrogens is 1. The van der Waals surface area contributed by atoms with Gasteiger partial charge in [0, 0.05) is 45.9 Å². The summed E-state index contributed by atoms with van der Waals surface area (Å²) >= 11 is 0. The van der Waals surface area contributed by atoms with Gasteiger partial charge in [0.05, 0.1) is 126 Å². The van der Waals surface area contributed by atoms with Crippen molar-refractivity contribution < 1.29 is 88.9 Å². The Labute approximate surface area is 727 Å². The Morgan fingerprint density at radius 2 is 0.672 bits per heavy atom. The Hall–Kier alpha value is -3.57. The highest BCUT2D eigenvalue weighted by atomic mass is 32.3. The van der Waals surface area contributed by atoms with Gasteiger partial charge < -0.3 is 41.6 Å². The van der Waals surface area contributed by atoms with Gasteiger partial charge in [0.1, 0.15) is 48.5 Å². The number of carboxylic acid groups (broad SMARTS) is 1. The van der Waals surface area contributed by atoms with Gasteiger partial charge in [-0.2, -0.15) is 13.2 Å². The average molecular weight is 1840 g/mol. The number of unbranched alkanes of at least 4 members (excludes halogenated alkanes) is 13. The van der Waals surface area contributed by atoms with Crippen LogP contribution in [-0.4, -0.2) is 171 Å². The lowest BCUT2D eigenvalue weighted by molar-refractivity contribution is -0.929. The number of benzene rings is 4. The van der Waals surface area contributed by atoms with Crippen molar-refractivity contribution in [3.05, 3.63) is 144 Å². The van der Waals surface area contributed by atoms with Crippen LogP contribution in [0.2, 0.25) is 0 Å². The number of alkyl halides is 3. The van der Waals surface area contributed by atoms with Crippen molar-refractivity contribution in [2.75, 3.05) is 108 Å². The molecular weight excluding hydrogens is 1670 g/mol. The van der Waals surface area contributed by atoms with E-state index >= 15 is 0 Å². The van der Waals surface area contributed by atoms with Crippen LogP contribution in [-0.2, 0) is 67.8 Å². The van der Waals surface area contributed by atoms with Crippen LogP contribution in [0.15, 0.2) is 140 Å². The monoisotopic (exact) mass is 1840 g/mol. The fraction of sp³-hybridized carbons (Fsp3) is 0.685. The number of halogens is 3. The van der Waals surface area contributed by atoms with Gasteiger partial charge >= 0.3 is 5.51 Å². The van der Waals surface area contributed by atoms with Crippen LogP contribution in [0, 0.1) is 0 Å². The molecule has 0 N–H and O–H groups in total. The van der Waals surface area contributed by atoms with E-state index in [1.807, 2.05) is 7.05 Å². The highest BCUT2D eigenvalue weighted by Gasteiger charge is 2.48. The first kappa shape index (κ1) is 124. The summed E-state index contributed by atoms with van der Waals surface area (Å²) in [6.45, 7) is 41.1. The Bertz CT molecular complexity index is 3310. The molecular formula is C89H163F3N4O15P4S4. The van der Waals surface area contributed by atoms with Gasteiger partial charge in [-0.15, -0.1) is 0 Å². The predicted octanol–water partition coefficient (Wildman–Crippen LogP) is 20.3. The number of carboxylic acids is 1. The highest BCUT2D eigenvalue weighted by molar-refractivity contribution is 8.12. The molecule has 1 aromatic heterocycles. The standard InChI is InChI=1S/C24H20P.C16H36N.2C16H36P.C8H15N2.C3H9O3P.C2H3F3NO4S2.C2H4O2.2CH4O3S/c1-5-13-21(14-6-1)25(22-15-7-2-8-16-22,23-17-9-3-10-18-23)24-19-11-4-12-20-24;3*1-5-9-13-17(14-10-6-2,15-11-7-3)16-12-8-4;1-3-4-5-10-7-6-9(2)8-10;1-3-6-7(2,4)5;1-11(7,8)6-12(9,10)2(3,4)5;1-2(3)4;2*1-5(2,3)4/h1-20H;3*5-16H2,1-4H3;6-8H,3-5H2,1-2H3;3H2,1-2H3,(H,4,5);1H3;1H3,(H,3,4);2*1H3,(H,2,3,4)/q5*+1;;-1;;;/p-4. The smallest absolute Gasteiger partial charge is 0.480 e. The summed E-state index contributed by atoms with van der Waals surface area (Å²) in [7, 11) is -22.7. The van der Waals surface area contributed by atoms with Crippen LogP contribution in [0.1, 0.15) is 271 Å². The third-order valence-corrected chi connectivity index (χ3v) is 36.5. The molecule has 0 aliphatic carbocycles. The minimum Gasteiger partial charge on any atom is -0.779 e. The fourth-order valence-corrected chi connectivity index (χ4v) is 29.9. The van der Waals surface area contributed by atoms with Gasteiger partial charge in [0.2, 0.25) is 6.33 Å². The van der Waals surface area contributed by atoms with E-state index in [9.17, 15) is 39.5 Å². The number of nitrogens with zero attached hydrogens (tertiary/aromatic N) is 4. The topological polar surface area (TPSA) is 295 Å². The molecule has 0 spiro atoms. The highest BCUT2D eigenvalue weighted by Crippen LogP contribution is 2.62. The number of rotatable bonds is 47. The molecule has 0 aliphatic heterocycles. The molecule has 1 atom stereocenters. The maximum absolute atomic E-state index is 11.4. The Morgan fingerprint density at radius 3 is 0.815 bits per heavy atom. The van der Waals surface area contributed by atoms with Crippen molar-refractivity contribution in [1.29, 1.82) is 0 Å². The summed E-state index contributed by atoms with van der Waals surface area (Å²) in [5, 5.41) is 14.4. The molecule has 0 bridgehead atoms. The molecule has 1 heterocycles. The number of sulfonamides is 2. The van der Waals surface area contributed by atoms with Gasteiger partial charge in [-0.3, -0.25) is 0 Å². The molecule has 0 saturated carbocycles. The van der Waals surface area contributed by atoms with Gasteiger partial charge in [-0.05, 0) is 146 Å². The van der Waals surface area contributed by atoms with Crippen molar-refractivity contribution in [1.82, 2.24) is 4.57 Å². The quantitative estimate of drug-likeness (QED) is 0.0151. The number of hydrogen-bond acceptors (Lipinski definition) is 15. The van der Waals surface area contributed by atoms with Crippen LogP contribution in [0.4, 0.5) is 13.2 Å². The Balaban J connectivity index is -0.000000423. The maximum Gasteiger partial charge on any atom is 0.480 e. The van der Waals surface area contributed by atoms with E-state index in [4.69, 9.17) is 35.8 Å². The number of aromatic nitrogens is 2. The van der Waals surface area contributed by atoms with E-state index < -0.39 is 81.1 Å². The van der Waals surface area contributed by atoms with E-state index in [0.717, 1.165) is 20.1 Å². The predicted molar refractivity (Wildman–Crippen MR) is 503 cm³/mol. The summed E-state index contributed by atoms with van der Waals surface area (Å²) in [5.74, 6) is -1.08. The minimum absolute atomic E-state index is 0.233. The molecule has 5 rings (SSSR count). The number of imidazole rings is 1. The fourth-order valence-electron chi connectivity index (χ4n) is 12.9. The summed E-state index contributed by atoms with van der Waals surface area (Å²) in [6.07, 6.45) is 57.2. The molecule has 19 nitrogen and oxygen atoms in total. The van der Waals surface area contributed by atoms with E-state index in [1.54, 1.807) is 60.3 Å². The van der Waals surface area contributed by atoms with Gasteiger partial charge in [0.25, 0.3) is 0 Å². The third-order valence-electron chi connectivity index (χ3n) is 18.9. The van der Waals surface area contributed by atoms with E-state index in [-0.39, 0.29) is 12.9 Å². The second-order valence-electron chi connectivity index (χ2n) is 30.5. The lowest BCUT2D eigenvalue weighted by Gasteiger charge is -2.39. The lowest BCUT2D eigenvalue weighted by atomic mass is 10.1. The van der Waals surface area contributed by atoms with Crippen LogP contribution in [0.3, 0.4) is 0 Å². The average Bonchev–Trinajstić information content (AvgIpc) is 1.00. The second kappa shape index (κ2) is 72.6. The molecule has 0 aliphatic rings. The largest absolute Gasteiger partial charge is 0.779 e. The van der Waals surface area contributed by atoms with E-state index in [0.29, 0.717) is 12.5 Å². The van der Waals surface area contributed by atoms with Gasteiger partial charge in [-0.25, -0.2) is 42.8 Å². The van der Waals surface area contributed by atoms with Crippen LogP contribution in [0.5, 0.6) is 0 Å². The third kappa shape index (κ3) is 69.3. The van der Waals surface area contributed by atoms with Crippen LogP contribution >= 0.6 is 29.4 Å². The summed E-state index contributed by atoms with van der Waals surface area (Å²) in [6, 6.07) is 43.8. The number of aryl methyl sites for hydroxylation is 2. The molecule has 0 fully saturated rings. The van der Waals surface area contributed by atoms with Crippen molar-refractivity contribution in [2.24, 2.45) is 7.05 Å². The summed E-state index contributed by atoms with van der Waals surface area (Å²) in [4.78, 5) is 18.9. The maximum atomic E-state index is 11.4. The molecule has 119 heavy (non-hydrogen) atoms. The number of aliphatic carboxylic acids is 1. The van der Waals surface area contributed by atoms with Crippen molar-refractivity contribution in [3.63, 3.8) is 0 Å². The Kier molecular flexibility index (Phi) is 75.6. The number of hydrogen-bond donors (Lipinski definition) is 0. The molecule has 0 amide bonds. The number of carbonyl (C=O) groups excluding carboxylic acids is 1. The van der Waals surface area contributed by atoms with Crippen molar-refractivity contribution in [2.45, 2.75) is 283 Å². The molecule has 5 aromatic rings. The molecule has 694 valence electrons. The van der Waals surface area contributed by atoms with Crippen LogP contribution < -0.4 is 35.8 Å².